The Morgan fingerprint density at radius 2 is 2.00 bits per heavy atom. The molecule has 2 bridgehead atoms. The Morgan fingerprint density at radius 3 is 2.60 bits per heavy atom. The smallest absolute Gasteiger partial charge is 0.227 e. The van der Waals surface area contributed by atoms with Crippen LogP contribution in [0.5, 0.6) is 0 Å². The Hall–Kier alpha value is -1.31. The molecule has 0 unspecified atom stereocenters. The van der Waals surface area contributed by atoms with Crippen molar-refractivity contribution >= 4 is 11.6 Å². The second-order valence-electron chi connectivity index (χ2n) is 6.57. The molecule has 0 aromatic heterocycles. The van der Waals surface area contributed by atoms with Gasteiger partial charge in [-0.1, -0.05) is 31.9 Å². The minimum atomic E-state index is 0.249. The van der Waals surface area contributed by atoms with Crippen LogP contribution in [0.3, 0.4) is 0 Å². The van der Waals surface area contributed by atoms with Crippen LogP contribution in [0.2, 0.25) is 0 Å². The molecule has 2 fully saturated rings. The molecule has 0 saturated heterocycles. The Kier molecular flexibility index (Phi) is 4.09. The number of rotatable bonds is 5. The lowest BCUT2D eigenvalue weighted by atomic mass is 9.88. The van der Waals surface area contributed by atoms with E-state index in [1.165, 1.54) is 37.7 Å². The molecule has 0 radical (unpaired) electrons. The normalized spacial score (nSPS) is 27.8. The van der Waals surface area contributed by atoms with Crippen LogP contribution in [0.4, 0.5) is 5.69 Å². The summed E-state index contributed by atoms with van der Waals surface area (Å²) >= 11 is 0. The molecule has 2 saturated carbocycles. The predicted octanol–water partition coefficient (Wildman–Crippen LogP) is 4.40. The number of unbranched alkanes of at least 4 members (excludes halogenated alkanes) is 1. The summed E-state index contributed by atoms with van der Waals surface area (Å²) in [5.41, 5.74) is 2.32. The molecule has 1 amide bonds. The number of nitrogens with one attached hydrogen (secondary N) is 1. The quantitative estimate of drug-likeness (QED) is 0.844. The highest BCUT2D eigenvalue weighted by atomic mass is 16.1. The van der Waals surface area contributed by atoms with Gasteiger partial charge in [-0.3, -0.25) is 4.79 Å². The van der Waals surface area contributed by atoms with Gasteiger partial charge in [-0.05, 0) is 61.6 Å². The first-order valence-electron chi connectivity index (χ1n) is 8.16. The van der Waals surface area contributed by atoms with Crippen LogP contribution in [0.25, 0.3) is 0 Å². The summed E-state index contributed by atoms with van der Waals surface area (Å²) in [5, 5.41) is 3.11. The number of fused-ring (bicyclic) bond motifs is 2. The first-order valence-corrected chi connectivity index (χ1v) is 8.16. The first-order chi connectivity index (χ1) is 9.76. The van der Waals surface area contributed by atoms with Crippen LogP contribution < -0.4 is 5.32 Å². The highest BCUT2D eigenvalue weighted by molar-refractivity contribution is 5.93. The Labute approximate surface area is 122 Å². The van der Waals surface area contributed by atoms with E-state index in [4.69, 9.17) is 0 Å². The van der Waals surface area contributed by atoms with E-state index in [2.05, 4.69) is 36.5 Å². The fourth-order valence-corrected chi connectivity index (χ4v) is 3.94. The topological polar surface area (TPSA) is 29.1 Å². The van der Waals surface area contributed by atoms with Gasteiger partial charge >= 0.3 is 0 Å². The fraction of sp³-hybridized carbons (Fsp3) is 0.611. The van der Waals surface area contributed by atoms with Gasteiger partial charge in [-0.2, -0.15) is 0 Å². The summed E-state index contributed by atoms with van der Waals surface area (Å²) in [6, 6.07) is 8.39. The lowest BCUT2D eigenvalue weighted by Gasteiger charge is -2.20. The first kappa shape index (κ1) is 13.7. The average Bonchev–Trinajstić information content (AvgIpc) is 3.09. The molecular weight excluding hydrogens is 246 g/mol. The Morgan fingerprint density at radius 1 is 1.20 bits per heavy atom. The summed E-state index contributed by atoms with van der Waals surface area (Å²) in [5.74, 6) is 2.00. The Balaban J connectivity index is 1.56. The maximum atomic E-state index is 12.4. The molecule has 2 aliphatic carbocycles. The molecule has 1 aromatic carbocycles. The van der Waals surface area contributed by atoms with Crippen LogP contribution in [0, 0.1) is 17.8 Å². The number of hydrogen-bond donors (Lipinski definition) is 1. The summed E-state index contributed by atoms with van der Waals surface area (Å²) in [6.07, 6.45) is 8.61. The van der Waals surface area contributed by atoms with Crippen molar-refractivity contribution in [1.29, 1.82) is 0 Å². The van der Waals surface area contributed by atoms with E-state index < -0.39 is 0 Å². The molecule has 0 aliphatic heterocycles. The van der Waals surface area contributed by atoms with Gasteiger partial charge in [0.1, 0.15) is 0 Å². The fourth-order valence-electron chi connectivity index (χ4n) is 3.94. The van der Waals surface area contributed by atoms with Gasteiger partial charge in [0.25, 0.3) is 0 Å². The maximum absolute atomic E-state index is 12.4. The molecule has 1 aromatic rings. The highest BCUT2D eigenvalue weighted by Crippen LogP contribution is 2.48. The van der Waals surface area contributed by atoms with E-state index in [0.29, 0.717) is 5.92 Å². The third-order valence-corrected chi connectivity index (χ3v) is 5.12. The van der Waals surface area contributed by atoms with Crippen molar-refractivity contribution in [3.63, 3.8) is 0 Å². The van der Waals surface area contributed by atoms with Crippen molar-refractivity contribution in [2.24, 2.45) is 17.8 Å². The second-order valence-corrected chi connectivity index (χ2v) is 6.57. The molecule has 3 rings (SSSR count). The lowest BCUT2D eigenvalue weighted by molar-refractivity contribution is -0.121. The van der Waals surface area contributed by atoms with Crippen LogP contribution >= 0.6 is 0 Å². The monoisotopic (exact) mass is 271 g/mol. The van der Waals surface area contributed by atoms with Crippen molar-refractivity contribution < 1.29 is 4.79 Å². The van der Waals surface area contributed by atoms with Crippen molar-refractivity contribution in [2.75, 3.05) is 5.32 Å². The van der Waals surface area contributed by atoms with Crippen LogP contribution in [0.1, 0.15) is 51.0 Å². The standard InChI is InChI=1S/C18H25NO/c1-2-3-4-13-6-9-16(10-7-13)19-18(20)17-12-14-5-8-15(17)11-14/h6-7,9-10,14-15,17H,2-5,8,11-12H2,1H3,(H,19,20)/t14-,15+,17+/m0/s1. The highest BCUT2D eigenvalue weighted by Gasteiger charge is 2.42. The van der Waals surface area contributed by atoms with Crippen molar-refractivity contribution in [3.05, 3.63) is 29.8 Å². The molecule has 1 N–H and O–H groups in total. The number of carbonyl (C=O) groups excluding carboxylic acids is 1. The zero-order valence-electron chi connectivity index (χ0n) is 12.4. The van der Waals surface area contributed by atoms with E-state index in [9.17, 15) is 4.79 Å². The van der Waals surface area contributed by atoms with Crippen LogP contribution in [0.15, 0.2) is 24.3 Å². The van der Waals surface area contributed by atoms with E-state index in [1.807, 2.05) is 0 Å². The summed E-state index contributed by atoms with van der Waals surface area (Å²) in [4.78, 5) is 12.4. The number of carbonyl (C=O) groups is 1. The minimum absolute atomic E-state index is 0.249. The lowest BCUT2D eigenvalue weighted by Crippen LogP contribution is -2.27. The van der Waals surface area contributed by atoms with E-state index in [-0.39, 0.29) is 11.8 Å². The second kappa shape index (κ2) is 5.99. The van der Waals surface area contributed by atoms with Gasteiger partial charge in [0.05, 0.1) is 0 Å². The van der Waals surface area contributed by atoms with Crippen molar-refractivity contribution in [2.45, 2.75) is 51.9 Å². The number of hydrogen-bond acceptors (Lipinski definition) is 1. The third kappa shape index (κ3) is 2.89. The SMILES string of the molecule is CCCCc1ccc(NC(=O)[C@@H]2C[C@H]3CC[C@@H]2C3)cc1. The van der Waals surface area contributed by atoms with Gasteiger partial charge in [-0.25, -0.2) is 0 Å². The van der Waals surface area contributed by atoms with Crippen LogP contribution in [-0.4, -0.2) is 5.91 Å². The molecule has 0 spiro atoms. The van der Waals surface area contributed by atoms with Crippen molar-refractivity contribution in [1.82, 2.24) is 0 Å². The largest absolute Gasteiger partial charge is 0.326 e. The van der Waals surface area contributed by atoms with Gasteiger partial charge in [0.15, 0.2) is 0 Å². The van der Waals surface area contributed by atoms with E-state index in [1.54, 1.807) is 0 Å². The number of amides is 1. The minimum Gasteiger partial charge on any atom is -0.326 e. The summed E-state index contributed by atoms with van der Waals surface area (Å²) in [6.45, 7) is 2.21. The number of aryl methyl sites for hydroxylation is 1. The van der Waals surface area contributed by atoms with Gasteiger partial charge < -0.3 is 5.32 Å². The predicted molar refractivity (Wildman–Crippen MR) is 82.6 cm³/mol. The van der Waals surface area contributed by atoms with Crippen LogP contribution in [-0.2, 0) is 11.2 Å². The van der Waals surface area contributed by atoms with Gasteiger partial charge in [-0.15, -0.1) is 0 Å². The van der Waals surface area contributed by atoms with Gasteiger partial charge in [0, 0.05) is 11.6 Å². The van der Waals surface area contributed by atoms with E-state index in [0.717, 1.165) is 24.4 Å². The maximum Gasteiger partial charge on any atom is 0.227 e. The van der Waals surface area contributed by atoms with E-state index >= 15 is 0 Å². The molecule has 0 heterocycles. The zero-order chi connectivity index (χ0) is 13.9. The third-order valence-electron chi connectivity index (χ3n) is 5.12. The molecule has 108 valence electrons. The molecule has 2 heteroatoms. The van der Waals surface area contributed by atoms with Crippen molar-refractivity contribution in [3.8, 4) is 0 Å². The average molecular weight is 271 g/mol. The molecule has 2 nitrogen and oxygen atoms in total. The number of benzene rings is 1. The zero-order valence-corrected chi connectivity index (χ0v) is 12.4. The molecule has 20 heavy (non-hydrogen) atoms. The van der Waals surface area contributed by atoms with Gasteiger partial charge in [0.2, 0.25) is 5.91 Å². The molecule has 3 atom stereocenters. The Bertz CT molecular complexity index is 465. The number of anilines is 1. The molecule has 2 aliphatic rings. The summed E-state index contributed by atoms with van der Waals surface area (Å²) in [7, 11) is 0. The molecular formula is C18H25NO. The summed E-state index contributed by atoms with van der Waals surface area (Å²) < 4.78 is 0.